The Bertz CT molecular complexity index is 939. The second-order valence-corrected chi connectivity index (χ2v) is 6.73. The van der Waals surface area contributed by atoms with Crippen molar-refractivity contribution < 1.29 is 9.13 Å². The zero-order chi connectivity index (χ0) is 19.0. The van der Waals surface area contributed by atoms with E-state index in [1.165, 1.54) is 6.07 Å². The van der Waals surface area contributed by atoms with Gasteiger partial charge >= 0.3 is 0 Å². The number of nitrogens with one attached hydrogen (secondary N) is 1. The Kier molecular flexibility index (Phi) is 4.61. The van der Waals surface area contributed by atoms with E-state index in [0.29, 0.717) is 29.6 Å². The first-order valence-electron chi connectivity index (χ1n) is 8.72. The number of hydrogen-bond donors (Lipinski definition) is 2. The minimum atomic E-state index is -0.420. The fourth-order valence-corrected chi connectivity index (χ4v) is 3.73. The van der Waals surface area contributed by atoms with Gasteiger partial charge in [-0.05, 0) is 43.2 Å². The maximum absolute atomic E-state index is 14.6. The molecule has 0 unspecified atom stereocenters. The molecule has 140 valence electrons. The minimum Gasteiger partial charge on any atom is -0.494 e. The largest absolute Gasteiger partial charge is 0.494 e. The summed E-state index contributed by atoms with van der Waals surface area (Å²) in [6.45, 7) is 2.55. The van der Waals surface area contributed by atoms with Gasteiger partial charge < -0.3 is 15.8 Å². The Morgan fingerprint density at radius 3 is 2.78 bits per heavy atom. The van der Waals surface area contributed by atoms with Gasteiger partial charge in [-0.1, -0.05) is 29.8 Å². The number of benzene rings is 2. The summed E-state index contributed by atoms with van der Waals surface area (Å²) in [5, 5.41) is 7.91. The van der Waals surface area contributed by atoms with Gasteiger partial charge in [-0.2, -0.15) is 4.98 Å². The van der Waals surface area contributed by atoms with Gasteiger partial charge in [-0.25, -0.2) is 9.07 Å². The number of halogens is 2. The average molecular weight is 388 g/mol. The molecule has 0 bridgehead atoms. The van der Waals surface area contributed by atoms with E-state index in [1.807, 2.05) is 31.2 Å². The summed E-state index contributed by atoms with van der Waals surface area (Å²) in [4.78, 5) is 4.24. The van der Waals surface area contributed by atoms with Crippen LogP contribution >= 0.6 is 11.6 Å². The van der Waals surface area contributed by atoms with Crippen LogP contribution in [-0.2, 0) is 0 Å². The molecule has 1 aliphatic rings. The molecule has 6 nitrogen and oxygen atoms in total. The first-order chi connectivity index (χ1) is 13.1. The Labute approximate surface area is 161 Å². The molecule has 0 fully saturated rings. The summed E-state index contributed by atoms with van der Waals surface area (Å²) in [5.74, 6) is 1.04. The van der Waals surface area contributed by atoms with E-state index in [0.717, 1.165) is 11.3 Å². The van der Waals surface area contributed by atoms with Crippen LogP contribution in [0.5, 0.6) is 5.75 Å². The average Bonchev–Trinajstić information content (AvgIpc) is 3.02. The second-order valence-electron chi connectivity index (χ2n) is 6.32. The van der Waals surface area contributed by atoms with E-state index in [2.05, 4.69) is 15.4 Å². The lowest BCUT2D eigenvalue weighted by Gasteiger charge is -2.32. The van der Waals surface area contributed by atoms with Crippen LogP contribution in [0.25, 0.3) is 0 Å². The van der Waals surface area contributed by atoms with Gasteiger partial charge in [0.15, 0.2) is 0 Å². The Morgan fingerprint density at radius 1 is 1.30 bits per heavy atom. The molecule has 27 heavy (non-hydrogen) atoms. The fourth-order valence-electron chi connectivity index (χ4n) is 3.45. The summed E-state index contributed by atoms with van der Waals surface area (Å²) < 4.78 is 21.7. The maximum atomic E-state index is 14.6. The van der Waals surface area contributed by atoms with Gasteiger partial charge in [-0.3, -0.25) is 0 Å². The predicted octanol–water partition coefficient (Wildman–Crippen LogP) is 4.20. The van der Waals surface area contributed by atoms with Crippen LogP contribution in [0.15, 0.2) is 42.5 Å². The number of anilines is 2. The van der Waals surface area contributed by atoms with Crippen molar-refractivity contribution in [1.82, 2.24) is 14.8 Å². The summed E-state index contributed by atoms with van der Waals surface area (Å²) in [6, 6.07) is 11.9. The molecular formula is C19H19ClFN5O. The number of aromatic nitrogens is 3. The van der Waals surface area contributed by atoms with Crippen molar-refractivity contribution in [2.75, 3.05) is 17.7 Å². The summed E-state index contributed by atoms with van der Waals surface area (Å²) in [5.41, 5.74) is 7.21. The van der Waals surface area contributed by atoms with Gasteiger partial charge in [-0.15, -0.1) is 5.10 Å². The number of nitrogen functional groups attached to an aromatic ring is 1. The van der Waals surface area contributed by atoms with Gasteiger partial charge in [0.2, 0.25) is 11.9 Å². The van der Waals surface area contributed by atoms with E-state index in [9.17, 15) is 4.39 Å². The van der Waals surface area contributed by atoms with Crippen molar-refractivity contribution in [3.05, 3.63) is 64.4 Å². The Morgan fingerprint density at radius 2 is 2.07 bits per heavy atom. The highest BCUT2D eigenvalue weighted by Gasteiger charge is 2.33. The van der Waals surface area contributed by atoms with Crippen LogP contribution in [0.1, 0.15) is 36.6 Å². The van der Waals surface area contributed by atoms with Crippen LogP contribution < -0.4 is 15.8 Å². The van der Waals surface area contributed by atoms with E-state index < -0.39 is 6.04 Å². The molecule has 3 N–H and O–H groups in total. The van der Waals surface area contributed by atoms with Crippen molar-refractivity contribution in [2.24, 2.45) is 0 Å². The first-order valence-corrected chi connectivity index (χ1v) is 9.10. The third-order valence-electron chi connectivity index (χ3n) is 4.63. The number of rotatable bonds is 4. The number of hydrogen-bond acceptors (Lipinski definition) is 5. The summed E-state index contributed by atoms with van der Waals surface area (Å²) >= 11 is 6.32. The van der Waals surface area contributed by atoms with E-state index in [-0.39, 0.29) is 17.8 Å². The van der Waals surface area contributed by atoms with Crippen molar-refractivity contribution in [1.29, 1.82) is 0 Å². The highest BCUT2D eigenvalue weighted by Crippen LogP contribution is 2.41. The van der Waals surface area contributed by atoms with Crippen molar-refractivity contribution in [2.45, 2.75) is 25.4 Å². The molecular weight excluding hydrogens is 369 g/mol. The third-order valence-corrected chi connectivity index (χ3v) is 4.96. The molecule has 0 radical (unpaired) electrons. The van der Waals surface area contributed by atoms with Crippen molar-refractivity contribution in [3.8, 4) is 5.75 Å². The highest BCUT2D eigenvalue weighted by atomic mass is 35.5. The number of nitrogens with two attached hydrogens (primary N) is 1. The summed E-state index contributed by atoms with van der Waals surface area (Å²) in [7, 11) is 0. The van der Waals surface area contributed by atoms with E-state index >= 15 is 0 Å². The Balaban J connectivity index is 1.73. The zero-order valence-electron chi connectivity index (χ0n) is 14.7. The quantitative estimate of drug-likeness (QED) is 0.701. The van der Waals surface area contributed by atoms with E-state index in [4.69, 9.17) is 22.1 Å². The van der Waals surface area contributed by atoms with Crippen LogP contribution in [0.3, 0.4) is 0 Å². The molecule has 0 amide bonds. The van der Waals surface area contributed by atoms with Gasteiger partial charge in [0.1, 0.15) is 11.6 Å². The predicted molar refractivity (Wildman–Crippen MR) is 103 cm³/mol. The van der Waals surface area contributed by atoms with Crippen LogP contribution in [0.2, 0.25) is 5.02 Å². The van der Waals surface area contributed by atoms with Crippen LogP contribution in [-0.4, -0.2) is 21.4 Å². The lowest BCUT2D eigenvalue weighted by molar-refractivity contribution is 0.340. The van der Waals surface area contributed by atoms with E-state index in [1.54, 1.807) is 16.8 Å². The molecule has 0 saturated carbocycles. The third kappa shape index (κ3) is 3.30. The fraction of sp³-hybridized carbons (Fsp3) is 0.263. The highest BCUT2D eigenvalue weighted by molar-refractivity contribution is 6.31. The molecule has 0 saturated heterocycles. The molecule has 2 heterocycles. The number of ether oxygens (including phenoxy) is 1. The van der Waals surface area contributed by atoms with Gasteiger partial charge in [0.05, 0.1) is 18.7 Å². The normalized spacial score (nSPS) is 18.6. The first kappa shape index (κ1) is 17.6. The molecule has 2 aromatic carbocycles. The second kappa shape index (κ2) is 7.08. The lowest BCUT2D eigenvalue weighted by atomic mass is 9.93. The van der Waals surface area contributed by atoms with Gasteiger partial charge in [0.25, 0.3) is 0 Å². The van der Waals surface area contributed by atoms with Crippen LogP contribution in [0, 0.1) is 5.82 Å². The topological polar surface area (TPSA) is 78.0 Å². The molecule has 1 aliphatic heterocycles. The monoisotopic (exact) mass is 387 g/mol. The minimum absolute atomic E-state index is 0.0996. The maximum Gasteiger partial charge on any atom is 0.241 e. The SMILES string of the molecule is CCOc1ccc([C@@H]2C[C@H](c3c(F)cccc3Cl)n3nc(N)nc3N2)cc1. The number of nitrogens with zero attached hydrogens (tertiary/aromatic N) is 3. The molecule has 0 spiro atoms. The number of fused-ring (bicyclic) bond motifs is 1. The smallest absolute Gasteiger partial charge is 0.241 e. The molecule has 4 rings (SSSR count). The lowest BCUT2D eigenvalue weighted by Crippen LogP contribution is -2.28. The van der Waals surface area contributed by atoms with Crippen molar-refractivity contribution in [3.63, 3.8) is 0 Å². The molecule has 3 aromatic rings. The molecule has 8 heteroatoms. The Hall–Kier alpha value is -2.80. The molecule has 0 aliphatic carbocycles. The standard InChI is InChI=1S/C19H19ClFN5O/c1-2-27-12-8-6-11(7-9-12)15-10-16(17-13(20)4-3-5-14(17)21)26-19(23-15)24-18(22)25-26/h3-9,15-16H,2,10H2,1H3,(H3,22,23,24,25)/t15-,16+/m0/s1. The molecule has 1 aromatic heterocycles. The van der Waals surface area contributed by atoms with Crippen molar-refractivity contribution >= 4 is 23.5 Å². The molecule has 2 atom stereocenters. The van der Waals surface area contributed by atoms with Gasteiger partial charge in [0, 0.05) is 10.6 Å². The van der Waals surface area contributed by atoms with Crippen LogP contribution in [0.4, 0.5) is 16.3 Å². The summed E-state index contributed by atoms with van der Waals surface area (Å²) in [6.07, 6.45) is 0.546. The zero-order valence-corrected chi connectivity index (χ0v) is 15.4.